The summed E-state index contributed by atoms with van der Waals surface area (Å²) in [6.45, 7) is 1.63. The maximum atomic E-state index is 12.6. The quantitative estimate of drug-likeness (QED) is 0.696. The second-order valence-corrected chi connectivity index (χ2v) is 7.67. The number of nitrogens with zero attached hydrogens (tertiary/aromatic N) is 5. The lowest BCUT2D eigenvalue weighted by Gasteiger charge is -2.51. The maximum absolute atomic E-state index is 12.6. The highest BCUT2D eigenvalue weighted by Gasteiger charge is 2.46. The molecule has 0 N–H and O–H groups in total. The Kier molecular flexibility index (Phi) is 3.81. The molecule has 7 heteroatoms. The van der Waals surface area contributed by atoms with Gasteiger partial charge in [-0.25, -0.2) is 19.3 Å². The fourth-order valence-corrected chi connectivity index (χ4v) is 4.33. The number of likely N-dealkylation sites (tertiary alicyclic amines) is 1. The molecule has 1 saturated carbocycles. The van der Waals surface area contributed by atoms with Gasteiger partial charge in [-0.15, -0.1) is 0 Å². The first-order valence-corrected chi connectivity index (χ1v) is 9.42. The molecule has 1 saturated heterocycles. The minimum absolute atomic E-state index is 0.283. The predicted octanol–water partition coefficient (Wildman–Crippen LogP) is 3.56. The highest BCUT2D eigenvalue weighted by Crippen LogP contribution is 2.44. The van der Waals surface area contributed by atoms with Crippen molar-refractivity contribution in [1.82, 2.24) is 24.5 Å². The SMILES string of the molecule is O=C(Oc1cnn2ccc(-c3cncnc3)cc12)N1CC2(CCCCC2)C1. The van der Waals surface area contributed by atoms with Crippen molar-refractivity contribution in [3.8, 4) is 16.9 Å². The molecule has 3 aromatic heterocycles. The summed E-state index contributed by atoms with van der Waals surface area (Å²) in [5.41, 5.74) is 2.95. The van der Waals surface area contributed by atoms with E-state index in [-0.39, 0.29) is 6.09 Å². The van der Waals surface area contributed by atoms with Crippen molar-refractivity contribution in [2.24, 2.45) is 5.41 Å². The van der Waals surface area contributed by atoms with E-state index < -0.39 is 0 Å². The summed E-state index contributed by atoms with van der Waals surface area (Å²) in [5, 5.41) is 4.28. The molecule has 1 amide bonds. The molecular weight excluding hydrogens is 342 g/mol. The molecule has 7 nitrogen and oxygen atoms in total. The Morgan fingerprint density at radius 3 is 2.59 bits per heavy atom. The van der Waals surface area contributed by atoms with Crippen molar-refractivity contribution < 1.29 is 9.53 Å². The summed E-state index contributed by atoms with van der Waals surface area (Å²) in [7, 11) is 0. The topological polar surface area (TPSA) is 72.6 Å². The number of aromatic nitrogens is 4. The van der Waals surface area contributed by atoms with Crippen LogP contribution in [0.1, 0.15) is 32.1 Å². The molecule has 0 atom stereocenters. The van der Waals surface area contributed by atoms with Crippen molar-refractivity contribution in [3.05, 3.63) is 43.2 Å². The summed E-state index contributed by atoms with van der Waals surface area (Å²) < 4.78 is 7.37. The third-order valence-electron chi connectivity index (χ3n) is 5.80. The van der Waals surface area contributed by atoms with E-state index >= 15 is 0 Å². The maximum Gasteiger partial charge on any atom is 0.415 e. The third-order valence-corrected chi connectivity index (χ3v) is 5.80. The number of hydrogen-bond donors (Lipinski definition) is 0. The van der Waals surface area contributed by atoms with Gasteiger partial charge in [0, 0.05) is 42.7 Å². The van der Waals surface area contributed by atoms with E-state index in [1.54, 1.807) is 23.1 Å². The fraction of sp³-hybridized carbons (Fsp3) is 0.400. The summed E-state index contributed by atoms with van der Waals surface area (Å²) in [5.74, 6) is 0.475. The smallest absolute Gasteiger partial charge is 0.406 e. The summed E-state index contributed by atoms with van der Waals surface area (Å²) >= 11 is 0. The average Bonchev–Trinajstić information content (AvgIpc) is 3.09. The van der Waals surface area contributed by atoms with Gasteiger partial charge >= 0.3 is 6.09 Å². The van der Waals surface area contributed by atoms with Gasteiger partial charge in [0.2, 0.25) is 0 Å². The van der Waals surface area contributed by atoms with Crippen LogP contribution in [0.25, 0.3) is 16.6 Å². The minimum Gasteiger partial charge on any atom is -0.406 e. The van der Waals surface area contributed by atoms with Gasteiger partial charge in [-0.05, 0) is 30.5 Å². The second kappa shape index (κ2) is 6.33. The van der Waals surface area contributed by atoms with Crippen LogP contribution in [-0.4, -0.2) is 43.7 Å². The summed E-state index contributed by atoms with van der Waals surface area (Å²) in [6, 6.07) is 3.87. The molecule has 2 fully saturated rings. The molecule has 3 aromatic rings. The fourth-order valence-electron chi connectivity index (χ4n) is 4.33. The predicted molar refractivity (Wildman–Crippen MR) is 99.3 cm³/mol. The van der Waals surface area contributed by atoms with Crippen LogP contribution in [0.5, 0.6) is 5.75 Å². The molecule has 0 aromatic carbocycles. The molecular formula is C20H21N5O2. The molecule has 27 heavy (non-hydrogen) atoms. The molecule has 0 bridgehead atoms. The van der Waals surface area contributed by atoms with Crippen molar-refractivity contribution >= 4 is 11.6 Å². The Balaban J connectivity index is 1.34. The van der Waals surface area contributed by atoms with Gasteiger partial charge in [-0.2, -0.15) is 5.10 Å². The van der Waals surface area contributed by atoms with Crippen molar-refractivity contribution in [1.29, 1.82) is 0 Å². The largest absolute Gasteiger partial charge is 0.415 e. The average molecular weight is 363 g/mol. The van der Waals surface area contributed by atoms with Gasteiger partial charge in [-0.3, -0.25) is 0 Å². The number of carbonyl (C=O) groups is 1. The molecule has 0 radical (unpaired) electrons. The third kappa shape index (κ3) is 2.93. The van der Waals surface area contributed by atoms with Gasteiger partial charge in [0.15, 0.2) is 5.75 Å². The number of amides is 1. The number of fused-ring (bicyclic) bond motifs is 1. The number of ether oxygens (including phenoxy) is 1. The van der Waals surface area contributed by atoms with Gasteiger partial charge in [0.05, 0.1) is 6.20 Å². The first kappa shape index (κ1) is 16.2. The van der Waals surface area contributed by atoms with Gasteiger partial charge < -0.3 is 9.64 Å². The molecule has 5 rings (SSSR count). The summed E-state index contributed by atoms with van der Waals surface area (Å²) in [4.78, 5) is 22.5. The van der Waals surface area contributed by atoms with E-state index in [2.05, 4.69) is 15.1 Å². The molecule has 4 heterocycles. The zero-order chi connectivity index (χ0) is 18.3. The molecule has 138 valence electrons. The first-order valence-electron chi connectivity index (χ1n) is 9.42. The number of hydrogen-bond acceptors (Lipinski definition) is 5. The van der Waals surface area contributed by atoms with Crippen molar-refractivity contribution in [2.45, 2.75) is 32.1 Å². The minimum atomic E-state index is -0.283. The van der Waals surface area contributed by atoms with Gasteiger partial charge in [-0.1, -0.05) is 19.3 Å². The molecule has 1 aliphatic heterocycles. The van der Waals surface area contributed by atoms with E-state index in [0.717, 1.165) is 29.7 Å². The van der Waals surface area contributed by atoms with Crippen LogP contribution in [0.3, 0.4) is 0 Å². The molecule has 2 aliphatic rings. The Hall–Kier alpha value is -2.96. The molecule has 0 unspecified atom stereocenters. The monoisotopic (exact) mass is 363 g/mol. The van der Waals surface area contributed by atoms with E-state index in [9.17, 15) is 4.79 Å². The Bertz CT molecular complexity index is 970. The van der Waals surface area contributed by atoms with Crippen LogP contribution in [0.15, 0.2) is 43.2 Å². The Morgan fingerprint density at radius 1 is 1.04 bits per heavy atom. The zero-order valence-electron chi connectivity index (χ0n) is 15.0. The van der Waals surface area contributed by atoms with Crippen LogP contribution < -0.4 is 4.74 Å². The van der Waals surface area contributed by atoms with Gasteiger partial charge in [0.1, 0.15) is 11.8 Å². The first-order chi connectivity index (χ1) is 13.2. The van der Waals surface area contributed by atoms with Crippen molar-refractivity contribution in [3.63, 3.8) is 0 Å². The van der Waals surface area contributed by atoms with Crippen LogP contribution in [-0.2, 0) is 0 Å². The highest BCUT2D eigenvalue weighted by atomic mass is 16.6. The van der Waals surface area contributed by atoms with E-state index in [4.69, 9.17) is 4.74 Å². The lowest BCUT2D eigenvalue weighted by Crippen LogP contribution is -2.59. The summed E-state index contributed by atoms with van der Waals surface area (Å²) in [6.07, 6.45) is 14.5. The van der Waals surface area contributed by atoms with E-state index in [1.165, 1.54) is 38.4 Å². The standard InChI is InChI=1S/C20H21N5O2/c26-19(24-12-20(13-24)5-2-1-3-6-20)27-18-11-23-25-7-4-15(8-17(18)25)16-9-21-14-22-10-16/h4,7-11,14H,1-3,5-6,12-13H2. The molecule has 1 spiro atoms. The highest BCUT2D eigenvalue weighted by molar-refractivity contribution is 5.77. The number of carbonyl (C=O) groups excluding carboxylic acids is 1. The van der Waals surface area contributed by atoms with Gasteiger partial charge in [0.25, 0.3) is 0 Å². The van der Waals surface area contributed by atoms with Crippen LogP contribution >= 0.6 is 0 Å². The van der Waals surface area contributed by atoms with Crippen LogP contribution in [0.2, 0.25) is 0 Å². The Labute approximate surface area is 157 Å². The zero-order valence-corrected chi connectivity index (χ0v) is 15.0. The number of pyridine rings is 1. The molecule has 1 aliphatic carbocycles. The Morgan fingerprint density at radius 2 is 1.81 bits per heavy atom. The van der Waals surface area contributed by atoms with Crippen molar-refractivity contribution in [2.75, 3.05) is 13.1 Å². The van der Waals surface area contributed by atoms with Crippen LogP contribution in [0, 0.1) is 5.41 Å². The van der Waals surface area contributed by atoms with E-state index in [0.29, 0.717) is 11.2 Å². The van der Waals surface area contributed by atoms with E-state index in [1.807, 2.05) is 23.2 Å². The lowest BCUT2D eigenvalue weighted by atomic mass is 9.69. The number of rotatable bonds is 2. The normalized spacial score (nSPS) is 18.4. The lowest BCUT2D eigenvalue weighted by molar-refractivity contribution is -0.0124. The van der Waals surface area contributed by atoms with Crippen LogP contribution in [0.4, 0.5) is 4.79 Å². The second-order valence-electron chi connectivity index (χ2n) is 7.67.